The van der Waals surface area contributed by atoms with Gasteiger partial charge in [0.05, 0.1) is 11.7 Å². The molecule has 28 heavy (non-hydrogen) atoms. The van der Waals surface area contributed by atoms with Crippen LogP contribution in [0.4, 0.5) is 14.5 Å². The number of carbonyl (C=O) groups excluding carboxylic acids is 1. The van der Waals surface area contributed by atoms with Crippen molar-refractivity contribution in [2.24, 2.45) is 0 Å². The molecule has 1 heterocycles. The Bertz CT molecular complexity index is 802. The molecule has 0 radical (unpaired) electrons. The number of nitrogens with zero attached hydrogens (tertiary/aromatic N) is 2. The minimum atomic E-state index is -0.549. The van der Waals surface area contributed by atoms with Crippen LogP contribution in [0.1, 0.15) is 37.4 Å². The highest BCUT2D eigenvalue weighted by molar-refractivity contribution is 5.73. The van der Waals surface area contributed by atoms with Crippen LogP contribution < -0.4 is 10.2 Å². The molecule has 1 amide bonds. The van der Waals surface area contributed by atoms with E-state index < -0.39 is 11.6 Å². The molecule has 0 saturated carbocycles. The number of hydrogen-bond acceptors (Lipinski definition) is 3. The predicted molar refractivity (Wildman–Crippen MR) is 107 cm³/mol. The zero-order valence-corrected chi connectivity index (χ0v) is 16.4. The van der Waals surface area contributed by atoms with Gasteiger partial charge in [0.2, 0.25) is 5.91 Å². The van der Waals surface area contributed by atoms with E-state index in [0.717, 1.165) is 37.7 Å². The molecule has 0 spiro atoms. The normalized spacial score (nSPS) is 16.1. The Labute approximate surface area is 165 Å². The van der Waals surface area contributed by atoms with Crippen LogP contribution in [-0.2, 0) is 11.3 Å². The van der Waals surface area contributed by atoms with Gasteiger partial charge in [0, 0.05) is 45.7 Å². The highest BCUT2D eigenvalue weighted by atomic mass is 19.1. The van der Waals surface area contributed by atoms with Crippen LogP contribution in [0.25, 0.3) is 0 Å². The molecule has 2 aromatic rings. The highest BCUT2D eigenvalue weighted by Crippen LogP contribution is 2.22. The molecule has 150 valence electrons. The number of anilines is 1. The molecule has 6 heteroatoms. The molecule has 0 aliphatic carbocycles. The van der Waals surface area contributed by atoms with Crippen LogP contribution >= 0.6 is 0 Å². The lowest BCUT2D eigenvalue weighted by atomic mass is 10.0. The predicted octanol–water partition coefficient (Wildman–Crippen LogP) is 3.87. The molecule has 2 aromatic carbocycles. The van der Waals surface area contributed by atoms with E-state index >= 15 is 0 Å². The van der Waals surface area contributed by atoms with Gasteiger partial charge >= 0.3 is 0 Å². The minimum Gasteiger partial charge on any atom is -0.367 e. The second-order valence-corrected chi connectivity index (χ2v) is 7.26. The Morgan fingerprint density at radius 3 is 2.32 bits per heavy atom. The number of amides is 1. The van der Waals surface area contributed by atoms with Crippen molar-refractivity contribution in [2.75, 3.05) is 31.1 Å². The number of hydrogen-bond donors (Lipinski definition) is 1. The topological polar surface area (TPSA) is 35.6 Å². The summed E-state index contributed by atoms with van der Waals surface area (Å²) in [5.41, 5.74) is 2.79. The number of nitrogens with one attached hydrogen (secondary N) is 1. The first-order chi connectivity index (χ1) is 13.5. The van der Waals surface area contributed by atoms with Crippen molar-refractivity contribution in [3.63, 3.8) is 0 Å². The van der Waals surface area contributed by atoms with Crippen molar-refractivity contribution in [3.05, 3.63) is 65.2 Å². The van der Waals surface area contributed by atoms with E-state index in [9.17, 15) is 13.6 Å². The molecule has 1 fully saturated rings. The zero-order valence-electron chi connectivity index (χ0n) is 16.4. The van der Waals surface area contributed by atoms with Gasteiger partial charge in [0.25, 0.3) is 0 Å². The Hall–Kier alpha value is -2.47. The van der Waals surface area contributed by atoms with Crippen LogP contribution in [0.3, 0.4) is 0 Å². The van der Waals surface area contributed by atoms with Gasteiger partial charge in [-0.05, 0) is 29.7 Å². The molecule has 1 unspecified atom stereocenters. The minimum absolute atomic E-state index is 0.0219. The third kappa shape index (κ3) is 5.07. The van der Waals surface area contributed by atoms with Crippen LogP contribution in [0.15, 0.2) is 42.5 Å². The molecule has 1 saturated heterocycles. The van der Waals surface area contributed by atoms with Crippen LogP contribution in [0.2, 0.25) is 0 Å². The Morgan fingerprint density at radius 2 is 1.75 bits per heavy atom. The van der Waals surface area contributed by atoms with Crippen molar-refractivity contribution < 1.29 is 13.6 Å². The van der Waals surface area contributed by atoms with Crippen LogP contribution in [-0.4, -0.2) is 37.0 Å². The van der Waals surface area contributed by atoms with Gasteiger partial charge < -0.3 is 10.2 Å². The molecule has 1 aliphatic rings. The first-order valence-corrected chi connectivity index (χ1v) is 9.74. The smallest absolute Gasteiger partial charge is 0.217 e. The summed E-state index contributed by atoms with van der Waals surface area (Å²) in [4.78, 5) is 15.6. The maximum absolute atomic E-state index is 14.0. The van der Waals surface area contributed by atoms with Crippen LogP contribution in [0.5, 0.6) is 0 Å². The maximum Gasteiger partial charge on any atom is 0.217 e. The summed E-state index contributed by atoms with van der Waals surface area (Å²) >= 11 is 0. The first kappa shape index (κ1) is 20.3. The van der Waals surface area contributed by atoms with Crippen molar-refractivity contribution in [1.82, 2.24) is 10.2 Å². The summed E-state index contributed by atoms with van der Waals surface area (Å²) in [5.74, 6) is -1.08. The van der Waals surface area contributed by atoms with Crippen LogP contribution in [0, 0.1) is 11.6 Å². The molecular weight excluding hydrogens is 360 g/mol. The van der Waals surface area contributed by atoms with Crippen molar-refractivity contribution in [3.8, 4) is 0 Å². The molecule has 0 bridgehead atoms. The van der Waals surface area contributed by atoms with E-state index in [1.54, 1.807) is 0 Å². The maximum atomic E-state index is 14.0. The number of carbonyl (C=O) groups is 1. The van der Waals surface area contributed by atoms with Crippen molar-refractivity contribution in [2.45, 2.75) is 32.9 Å². The largest absolute Gasteiger partial charge is 0.367 e. The summed E-state index contributed by atoms with van der Waals surface area (Å²) in [6.07, 6.45) is 0.848. The summed E-state index contributed by atoms with van der Waals surface area (Å²) in [7, 11) is 0. The standard InChI is InChI=1S/C22H27F2N3O/c1-3-21(25-16(2)28)18-6-4-17(5-7-18)15-26-10-12-27(13-11-26)22-9-8-19(23)14-20(22)24/h4-9,14,21H,3,10-13,15H2,1-2H3,(H,25,28). The van der Waals surface area contributed by atoms with Gasteiger partial charge in [-0.15, -0.1) is 0 Å². The summed E-state index contributed by atoms with van der Waals surface area (Å²) in [5, 5.41) is 2.97. The number of benzene rings is 2. The van der Waals surface area contributed by atoms with Gasteiger partial charge in [0.15, 0.2) is 0 Å². The molecule has 0 aromatic heterocycles. The number of halogens is 2. The molecule has 3 rings (SSSR count). The Morgan fingerprint density at radius 1 is 1.07 bits per heavy atom. The van der Waals surface area contributed by atoms with Crippen molar-refractivity contribution >= 4 is 11.6 Å². The van der Waals surface area contributed by atoms with E-state index in [0.29, 0.717) is 18.8 Å². The van der Waals surface area contributed by atoms with Gasteiger partial charge in [-0.1, -0.05) is 31.2 Å². The molecule has 4 nitrogen and oxygen atoms in total. The fourth-order valence-corrected chi connectivity index (χ4v) is 3.66. The fraction of sp³-hybridized carbons (Fsp3) is 0.409. The molecule has 1 atom stereocenters. The molecule has 1 N–H and O–H groups in total. The Balaban J connectivity index is 1.55. The third-order valence-corrected chi connectivity index (χ3v) is 5.20. The van der Waals surface area contributed by atoms with E-state index in [2.05, 4.69) is 41.4 Å². The second kappa shape index (κ2) is 9.15. The summed E-state index contributed by atoms with van der Waals surface area (Å²) < 4.78 is 27.1. The van der Waals surface area contributed by atoms with Gasteiger partial charge in [0.1, 0.15) is 11.6 Å². The van der Waals surface area contributed by atoms with E-state index in [1.807, 2.05) is 4.90 Å². The van der Waals surface area contributed by atoms with Gasteiger partial charge in [-0.25, -0.2) is 8.78 Å². The lowest BCUT2D eigenvalue weighted by Gasteiger charge is -2.36. The number of piperazine rings is 1. The first-order valence-electron chi connectivity index (χ1n) is 9.74. The van der Waals surface area contributed by atoms with E-state index in [1.165, 1.54) is 24.6 Å². The quantitative estimate of drug-likeness (QED) is 0.817. The van der Waals surface area contributed by atoms with E-state index in [4.69, 9.17) is 0 Å². The summed E-state index contributed by atoms with van der Waals surface area (Å²) in [6.45, 7) is 7.48. The average Bonchev–Trinajstić information content (AvgIpc) is 2.67. The molecular formula is C22H27F2N3O. The highest BCUT2D eigenvalue weighted by Gasteiger charge is 2.20. The van der Waals surface area contributed by atoms with Crippen molar-refractivity contribution in [1.29, 1.82) is 0 Å². The average molecular weight is 387 g/mol. The third-order valence-electron chi connectivity index (χ3n) is 5.20. The second-order valence-electron chi connectivity index (χ2n) is 7.26. The monoisotopic (exact) mass is 387 g/mol. The zero-order chi connectivity index (χ0) is 20.1. The lowest BCUT2D eigenvalue weighted by molar-refractivity contribution is -0.119. The molecule has 1 aliphatic heterocycles. The fourth-order valence-electron chi connectivity index (χ4n) is 3.66. The van der Waals surface area contributed by atoms with Gasteiger partial charge in [-0.3, -0.25) is 9.69 Å². The SMILES string of the molecule is CCC(NC(C)=O)c1ccc(CN2CCN(c3ccc(F)cc3F)CC2)cc1. The number of rotatable bonds is 6. The lowest BCUT2D eigenvalue weighted by Crippen LogP contribution is -2.46. The summed E-state index contributed by atoms with van der Waals surface area (Å²) in [6, 6.07) is 12.1. The van der Waals surface area contributed by atoms with E-state index in [-0.39, 0.29) is 11.9 Å². The van der Waals surface area contributed by atoms with Gasteiger partial charge in [-0.2, -0.15) is 0 Å². The Kier molecular flexibility index (Phi) is 6.62.